The van der Waals surface area contributed by atoms with Crippen molar-refractivity contribution in [2.75, 3.05) is 6.61 Å². The number of aliphatic hydroxyl groups is 2. The zero-order chi connectivity index (χ0) is 36.1. The van der Waals surface area contributed by atoms with Crippen molar-refractivity contribution in [3.63, 3.8) is 0 Å². The van der Waals surface area contributed by atoms with Crippen molar-refractivity contribution in [1.82, 2.24) is 0 Å². The summed E-state index contributed by atoms with van der Waals surface area (Å²) in [5.74, 6) is 0.322. The molecule has 1 unspecified atom stereocenters. The highest BCUT2D eigenvalue weighted by Gasteiger charge is 2.71. The molecule has 6 heteroatoms. The zero-order valence-corrected chi connectivity index (χ0v) is 32.1. The second-order valence-corrected chi connectivity index (χ2v) is 18.1. The summed E-state index contributed by atoms with van der Waals surface area (Å²) in [5, 5.41) is 26.1. The Morgan fingerprint density at radius 3 is 2.31 bits per heavy atom. The number of cyclic esters (lactones) is 1. The van der Waals surface area contributed by atoms with E-state index < -0.39 is 17.1 Å². The molecule has 2 N–H and O–H groups in total. The average Bonchev–Trinajstić information content (AvgIpc) is 3.57. The molecule has 284 valence electrons. The lowest BCUT2D eigenvalue weighted by molar-refractivity contribution is -0.302. The molecule has 4 saturated carbocycles. The molecule has 0 amide bonds. The van der Waals surface area contributed by atoms with Crippen LogP contribution in [-0.4, -0.2) is 46.6 Å². The van der Waals surface area contributed by atoms with Gasteiger partial charge in [0.25, 0.3) is 0 Å². The minimum atomic E-state index is -1.18. The van der Waals surface area contributed by atoms with Gasteiger partial charge in [-0.05, 0) is 111 Å². The number of rotatable bonds is 14. The Kier molecular flexibility index (Phi) is 12.8. The van der Waals surface area contributed by atoms with Gasteiger partial charge >= 0.3 is 11.9 Å². The van der Waals surface area contributed by atoms with Crippen LogP contribution in [0.2, 0.25) is 0 Å². The molecular formula is C45H68O6. The van der Waals surface area contributed by atoms with Crippen molar-refractivity contribution < 1.29 is 29.3 Å². The first-order chi connectivity index (χ1) is 24.6. The van der Waals surface area contributed by atoms with Crippen LogP contribution < -0.4 is 0 Å². The molecule has 1 aromatic rings. The second-order valence-electron chi connectivity index (χ2n) is 18.1. The van der Waals surface area contributed by atoms with Crippen LogP contribution in [0, 0.1) is 40.4 Å². The van der Waals surface area contributed by atoms with Crippen LogP contribution >= 0.6 is 0 Å². The topological polar surface area (TPSA) is 93.1 Å². The summed E-state index contributed by atoms with van der Waals surface area (Å²) < 4.78 is 12.1. The van der Waals surface area contributed by atoms with Gasteiger partial charge in [0.1, 0.15) is 12.7 Å². The molecule has 0 bridgehead atoms. The highest BCUT2D eigenvalue weighted by atomic mass is 16.5. The van der Waals surface area contributed by atoms with Gasteiger partial charge in [-0.25, -0.2) is 4.79 Å². The number of benzene rings is 1. The van der Waals surface area contributed by atoms with Gasteiger partial charge in [0.15, 0.2) is 0 Å². The van der Waals surface area contributed by atoms with Gasteiger partial charge in [-0.1, -0.05) is 109 Å². The number of carbonyl (C=O) groups is 2. The number of hydrogen-bond donors (Lipinski definition) is 2. The first kappa shape index (κ1) is 38.5. The normalized spacial score (nSPS) is 35.5. The predicted molar refractivity (Wildman–Crippen MR) is 202 cm³/mol. The molecule has 0 aromatic heterocycles. The number of fused-ring (bicyclic) bond motifs is 1. The highest BCUT2D eigenvalue weighted by Crippen LogP contribution is 2.69. The van der Waals surface area contributed by atoms with Crippen molar-refractivity contribution in [2.24, 2.45) is 40.4 Å². The molecule has 5 aliphatic rings. The van der Waals surface area contributed by atoms with E-state index in [2.05, 4.69) is 51.1 Å². The van der Waals surface area contributed by atoms with Crippen molar-refractivity contribution in [2.45, 2.75) is 173 Å². The quantitative estimate of drug-likeness (QED) is 0.187. The van der Waals surface area contributed by atoms with Gasteiger partial charge in [0.2, 0.25) is 0 Å². The fraction of sp³-hybridized carbons (Fsp3) is 0.778. The van der Waals surface area contributed by atoms with E-state index in [0.717, 1.165) is 76.2 Å². The molecule has 1 aliphatic heterocycles. The molecule has 1 heterocycles. The van der Waals surface area contributed by atoms with Gasteiger partial charge in [-0.3, -0.25) is 4.79 Å². The largest absolute Gasteiger partial charge is 0.462 e. The van der Waals surface area contributed by atoms with Crippen LogP contribution in [0.3, 0.4) is 0 Å². The van der Waals surface area contributed by atoms with E-state index in [4.69, 9.17) is 9.47 Å². The Balaban J connectivity index is 1.32. The summed E-state index contributed by atoms with van der Waals surface area (Å²) >= 11 is 0. The fourth-order valence-corrected chi connectivity index (χ4v) is 12.1. The van der Waals surface area contributed by atoms with E-state index in [1.807, 2.05) is 0 Å². The van der Waals surface area contributed by atoms with Crippen LogP contribution in [0.4, 0.5) is 0 Å². The predicted octanol–water partition coefficient (Wildman–Crippen LogP) is 9.69. The molecule has 8 atom stereocenters. The van der Waals surface area contributed by atoms with Gasteiger partial charge in [-0.2, -0.15) is 0 Å². The molecule has 0 saturated heterocycles. The highest BCUT2D eigenvalue weighted by molar-refractivity contribution is 5.85. The number of ether oxygens (including phenoxy) is 2. The van der Waals surface area contributed by atoms with Crippen LogP contribution in [0.5, 0.6) is 0 Å². The summed E-state index contributed by atoms with van der Waals surface area (Å²) in [7, 11) is 0. The van der Waals surface area contributed by atoms with Crippen molar-refractivity contribution in [3.05, 3.63) is 47.5 Å². The maximum atomic E-state index is 14.0. The standard InChI is InChI=1S/C45H68O6/c1-32(15-13-19-34-17-7-4-8-18-34)16-14-26-44-39(46)25-27-43(3,37-22-11-6-12-23-37)41(44)38(51-42(48)36-20-9-5-10-21-36)29-33(2)45(44,49)28-24-35-30-40(47)50-31-35/h4,7-8,17-18,30,32-33,36-39,41,46,49H,5-6,9-16,19-29,31H2,1-3H3/t32-,33+,38-,39+,41?,43+,44+,45-/m1/s1. The Hall–Kier alpha value is -2.18. The van der Waals surface area contributed by atoms with Crippen molar-refractivity contribution >= 4 is 11.9 Å². The third kappa shape index (κ3) is 8.17. The van der Waals surface area contributed by atoms with E-state index in [0.29, 0.717) is 37.5 Å². The summed E-state index contributed by atoms with van der Waals surface area (Å²) in [4.78, 5) is 26.1. The molecule has 51 heavy (non-hydrogen) atoms. The first-order valence-corrected chi connectivity index (χ1v) is 21.1. The smallest absolute Gasteiger partial charge is 0.331 e. The summed E-state index contributed by atoms with van der Waals surface area (Å²) in [5.41, 5.74) is 0.159. The lowest BCUT2D eigenvalue weighted by Gasteiger charge is -2.69. The van der Waals surface area contributed by atoms with E-state index in [1.165, 1.54) is 44.1 Å². The van der Waals surface area contributed by atoms with E-state index in [1.54, 1.807) is 6.08 Å². The number of esters is 2. The SMILES string of the molecule is C[C@H](CCCc1ccccc1)CCC[C@]12C([C@H](OC(=O)C3CCCCC3)C[C@H](C)[C@]1(O)CCC1=CC(=O)OC1)[C@](C)(C1CCCCC1)CC[C@@H]2O. The molecule has 6 nitrogen and oxygen atoms in total. The molecule has 6 rings (SSSR count). The molecular weight excluding hydrogens is 636 g/mol. The number of aryl methyl sites for hydroxylation is 1. The lowest BCUT2D eigenvalue weighted by Crippen LogP contribution is -2.73. The summed E-state index contributed by atoms with van der Waals surface area (Å²) in [6.45, 7) is 7.22. The van der Waals surface area contributed by atoms with Crippen molar-refractivity contribution in [3.8, 4) is 0 Å². The average molecular weight is 705 g/mol. The molecule has 4 fully saturated rings. The molecule has 1 aromatic carbocycles. The molecule has 0 spiro atoms. The van der Waals surface area contributed by atoms with E-state index >= 15 is 0 Å². The maximum absolute atomic E-state index is 14.0. The van der Waals surface area contributed by atoms with Crippen LogP contribution in [0.1, 0.15) is 155 Å². The Labute approximate surface area is 308 Å². The van der Waals surface area contributed by atoms with Crippen LogP contribution in [-0.2, 0) is 25.5 Å². The summed E-state index contributed by atoms with van der Waals surface area (Å²) in [6, 6.07) is 10.7. The van der Waals surface area contributed by atoms with Crippen LogP contribution in [0.15, 0.2) is 42.0 Å². The number of hydrogen-bond acceptors (Lipinski definition) is 6. The van der Waals surface area contributed by atoms with Gasteiger partial charge in [0.05, 0.1) is 17.6 Å². The summed E-state index contributed by atoms with van der Waals surface area (Å²) in [6.07, 6.45) is 21.1. The minimum Gasteiger partial charge on any atom is -0.462 e. The van der Waals surface area contributed by atoms with Crippen molar-refractivity contribution in [1.29, 1.82) is 0 Å². The Morgan fingerprint density at radius 1 is 0.941 bits per heavy atom. The molecule has 4 aliphatic carbocycles. The van der Waals surface area contributed by atoms with Gasteiger partial charge < -0.3 is 19.7 Å². The van der Waals surface area contributed by atoms with E-state index in [-0.39, 0.29) is 47.8 Å². The van der Waals surface area contributed by atoms with Gasteiger partial charge in [-0.15, -0.1) is 0 Å². The lowest BCUT2D eigenvalue weighted by atomic mass is 9.38. The Bertz CT molecular complexity index is 1330. The van der Waals surface area contributed by atoms with E-state index in [9.17, 15) is 19.8 Å². The zero-order valence-electron chi connectivity index (χ0n) is 32.1. The number of carbonyl (C=O) groups excluding carboxylic acids is 2. The maximum Gasteiger partial charge on any atom is 0.331 e. The third-order valence-corrected chi connectivity index (χ3v) is 15.0. The fourth-order valence-electron chi connectivity index (χ4n) is 12.1. The second kappa shape index (κ2) is 16.9. The third-order valence-electron chi connectivity index (χ3n) is 15.0. The van der Waals surface area contributed by atoms with Crippen LogP contribution in [0.25, 0.3) is 0 Å². The number of aliphatic hydroxyl groups excluding tert-OH is 1. The first-order valence-electron chi connectivity index (χ1n) is 21.1. The minimum absolute atomic E-state index is 0.0395. The van der Waals surface area contributed by atoms with Gasteiger partial charge in [0, 0.05) is 17.4 Å². The monoisotopic (exact) mass is 705 g/mol. The Morgan fingerprint density at radius 2 is 1.63 bits per heavy atom. The molecule has 0 radical (unpaired) electrons.